The third kappa shape index (κ3) is 3.82. The number of anilines is 1. The van der Waals surface area contributed by atoms with Gasteiger partial charge in [-0.1, -0.05) is 12.1 Å². The smallest absolute Gasteiger partial charge is 0.346 e. The van der Waals surface area contributed by atoms with E-state index in [1.807, 2.05) is 32.0 Å². The Kier molecular flexibility index (Phi) is 4.59. The number of hydrogen-bond acceptors (Lipinski definition) is 4. The number of hydrogen-bond donors (Lipinski definition) is 2. The maximum Gasteiger partial charge on any atom is 0.346 e. The summed E-state index contributed by atoms with van der Waals surface area (Å²) < 4.78 is 5.28. The van der Waals surface area contributed by atoms with Gasteiger partial charge in [-0.3, -0.25) is 4.79 Å². The molecule has 1 heterocycles. The molecule has 2 N–H and O–H groups in total. The lowest BCUT2D eigenvalue weighted by Crippen LogP contribution is -2.20. The number of carboxylic acids is 1. The summed E-state index contributed by atoms with van der Waals surface area (Å²) in [7, 11) is 0. The van der Waals surface area contributed by atoms with E-state index in [9.17, 15) is 9.59 Å². The minimum Gasteiger partial charge on any atom is -0.483 e. The highest BCUT2D eigenvalue weighted by molar-refractivity contribution is 7.12. The molecule has 21 heavy (non-hydrogen) atoms. The molecule has 110 valence electrons. The summed E-state index contributed by atoms with van der Waals surface area (Å²) in [4.78, 5) is 22.8. The van der Waals surface area contributed by atoms with Crippen molar-refractivity contribution in [3.05, 3.63) is 45.6 Å². The Balaban J connectivity index is 1.92. The van der Waals surface area contributed by atoms with Crippen molar-refractivity contribution in [2.75, 3.05) is 11.9 Å². The largest absolute Gasteiger partial charge is 0.483 e. The van der Waals surface area contributed by atoms with Crippen LogP contribution in [-0.4, -0.2) is 23.6 Å². The van der Waals surface area contributed by atoms with Gasteiger partial charge < -0.3 is 15.2 Å². The molecule has 0 saturated heterocycles. The van der Waals surface area contributed by atoms with Crippen LogP contribution in [0, 0.1) is 13.8 Å². The highest BCUT2D eigenvalue weighted by Gasteiger charge is 2.10. The topological polar surface area (TPSA) is 75.6 Å². The molecule has 0 aliphatic rings. The standard InChI is InChI=1S/C15H15NO4S/c1-9-4-3-5-12(10(9)2)16-14(17)7-20-11-6-13(15(18)19)21-8-11/h3-6,8H,7H2,1-2H3,(H,16,17)(H,18,19). The van der Waals surface area contributed by atoms with Gasteiger partial charge in [0, 0.05) is 17.1 Å². The van der Waals surface area contributed by atoms with Crippen molar-refractivity contribution < 1.29 is 19.4 Å². The summed E-state index contributed by atoms with van der Waals surface area (Å²) in [5, 5.41) is 13.1. The average molecular weight is 305 g/mol. The number of amides is 1. The monoisotopic (exact) mass is 305 g/mol. The van der Waals surface area contributed by atoms with Crippen LogP contribution in [-0.2, 0) is 4.79 Å². The first kappa shape index (κ1) is 15.1. The van der Waals surface area contributed by atoms with E-state index in [1.54, 1.807) is 5.38 Å². The van der Waals surface area contributed by atoms with Crippen LogP contribution < -0.4 is 10.1 Å². The van der Waals surface area contributed by atoms with E-state index in [0.29, 0.717) is 5.75 Å². The van der Waals surface area contributed by atoms with E-state index in [1.165, 1.54) is 6.07 Å². The van der Waals surface area contributed by atoms with Gasteiger partial charge in [0.15, 0.2) is 6.61 Å². The number of nitrogens with one attached hydrogen (secondary N) is 1. The molecule has 0 radical (unpaired) electrons. The van der Waals surface area contributed by atoms with Gasteiger partial charge in [-0.15, -0.1) is 11.3 Å². The van der Waals surface area contributed by atoms with Gasteiger partial charge in [0.05, 0.1) is 0 Å². The first-order valence-corrected chi connectivity index (χ1v) is 7.16. The van der Waals surface area contributed by atoms with Crippen LogP contribution in [0.15, 0.2) is 29.6 Å². The predicted octanol–water partition coefficient (Wildman–Crippen LogP) is 3.08. The fraction of sp³-hybridized carbons (Fsp3) is 0.200. The second kappa shape index (κ2) is 6.41. The lowest BCUT2D eigenvalue weighted by atomic mass is 10.1. The number of carbonyl (C=O) groups is 2. The number of aromatic carboxylic acids is 1. The highest BCUT2D eigenvalue weighted by atomic mass is 32.1. The Bertz CT molecular complexity index is 678. The summed E-state index contributed by atoms with van der Waals surface area (Å²) in [6.45, 7) is 3.74. The minimum atomic E-state index is -1.00. The van der Waals surface area contributed by atoms with Crippen LogP contribution in [0.4, 0.5) is 5.69 Å². The molecule has 5 nitrogen and oxygen atoms in total. The van der Waals surface area contributed by atoms with Gasteiger partial charge >= 0.3 is 5.97 Å². The molecule has 0 atom stereocenters. The first-order chi connectivity index (χ1) is 9.97. The van der Waals surface area contributed by atoms with Crippen molar-refractivity contribution >= 4 is 28.9 Å². The van der Waals surface area contributed by atoms with Crippen molar-refractivity contribution in [2.45, 2.75) is 13.8 Å². The Hall–Kier alpha value is -2.34. The van der Waals surface area contributed by atoms with E-state index >= 15 is 0 Å². The molecule has 0 spiro atoms. The van der Waals surface area contributed by atoms with Gasteiger partial charge in [-0.2, -0.15) is 0 Å². The molecule has 1 aromatic heterocycles. The van der Waals surface area contributed by atoms with Crippen molar-refractivity contribution in [1.29, 1.82) is 0 Å². The number of aryl methyl sites for hydroxylation is 1. The molecule has 6 heteroatoms. The lowest BCUT2D eigenvalue weighted by Gasteiger charge is -2.10. The fourth-order valence-corrected chi connectivity index (χ4v) is 2.39. The molecule has 2 aromatic rings. The van der Waals surface area contributed by atoms with Gasteiger partial charge in [0.1, 0.15) is 10.6 Å². The van der Waals surface area contributed by atoms with Crippen LogP contribution in [0.1, 0.15) is 20.8 Å². The van der Waals surface area contributed by atoms with Crippen molar-refractivity contribution in [2.24, 2.45) is 0 Å². The number of thiophene rings is 1. The van der Waals surface area contributed by atoms with E-state index in [2.05, 4.69) is 5.32 Å². The molecular weight excluding hydrogens is 290 g/mol. The Morgan fingerprint density at radius 2 is 2.10 bits per heavy atom. The summed E-state index contributed by atoms with van der Waals surface area (Å²) in [5.74, 6) is -0.907. The molecular formula is C15H15NO4S. The third-order valence-electron chi connectivity index (χ3n) is 3.03. The molecule has 0 fully saturated rings. The number of benzene rings is 1. The van der Waals surface area contributed by atoms with Crippen LogP contribution in [0.2, 0.25) is 0 Å². The lowest BCUT2D eigenvalue weighted by molar-refractivity contribution is -0.118. The SMILES string of the molecule is Cc1cccc(NC(=O)COc2csc(C(=O)O)c2)c1C. The summed E-state index contributed by atoms with van der Waals surface area (Å²) in [6, 6.07) is 7.07. The van der Waals surface area contributed by atoms with E-state index in [-0.39, 0.29) is 17.4 Å². The van der Waals surface area contributed by atoms with Crippen LogP contribution in [0.3, 0.4) is 0 Å². The molecule has 0 aliphatic carbocycles. The molecule has 0 aliphatic heterocycles. The second-order valence-corrected chi connectivity index (χ2v) is 5.45. The van der Waals surface area contributed by atoms with E-state index in [4.69, 9.17) is 9.84 Å². The number of ether oxygens (including phenoxy) is 1. The quantitative estimate of drug-likeness (QED) is 0.890. The average Bonchev–Trinajstić information content (AvgIpc) is 2.91. The number of carboxylic acid groups (broad SMARTS) is 1. The molecule has 0 unspecified atom stereocenters. The van der Waals surface area contributed by atoms with Crippen molar-refractivity contribution in [3.8, 4) is 5.75 Å². The Morgan fingerprint density at radius 1 is 1.33 bits per heavy atom. The predicted molar refractivity (Wildman–Crippen MR) is 81.3 cm³/mol. The zero-order valence-electron chi connectivity index (χ0n) is 11.7. The zero-order valence-corrected chi connectivity index (χ0v) is 12.5. The van der Waals surface area contributed by atoms with Crippen molar-refractivity contribution in [1.82, 2.24) is 0 Å². The van der Waals surface area contributed by atoms with Crippen LogP contribution in [0.25, 0.3) is 0 Å². The van der Waals surface area contributed by atoms with Gasteiger partial charge in [-0.25, -0.2) is 4.79 Å². The normalized spacial score (nSPS) is 10.2. The van der Waals surface area contributed by atoms with E-state index in [0.717, 1.165) is 28.2 Å². The maximum absolute atomic E-state index is 11.8. The van der Waals surface area contributed by atoms with E-state index < -0.39 is 5.97 Å². The highest BCUT2D eigenvalue weighted by Crippen LogP contribution is 2.22. The second-order valence-electron chi connectivity index (χ2n) is 4.54. The summed E-state index contributed by atoms with van der Waals surface area (Å²) in [5.41, 5.74) is 2.85. The minimum absolute atomic E-state index is 0.164. The molecule has 2 rings (SSSR count). The molecule has 1 aromatic carbocycles. The van der Waals surface area contributed by atoms with Gasteiger partial charge in [-0.05, 0) is 31.0 Å². The Morgan fingerprint density at radius 3 is 2.76 bits per heavy atom. The van der Waals surface area contributed by atoms with Crippen LogP contribution >= 0.6 is 11.3 Å². The van der Waals surface area contributed by atoms with Crippen LogP contribution in [0.5, 0.6) is 5.75 Å². The summed E-state index contributed by atoms with van der Waals surface area (Å²) in [6.07, 6.45) is 0. The van der Waals surface area contributed by atoms with Crippen molar-refractivity contribution in [3.63, 3.8) is 0 Å². The number of carbonyl (C=O) groups excluding carboxylic acids is 1. The fourth-order valence-electron chi connectivity index (χ4n) is 1.73. The Labute approximate surface area is 126 Å². The maximum atomic E-state index is 11.8. The van der Waals surface area contributed by atoms with Gasteiger partial charge in [0.25, 0.3) is 5.91 Å². The summed E-state index contributed by atoms with van der Waals surface area (Å²) >= 11 is 1.06. The molecule has 0 bridgehead atoms. The van der Waals surface area contributed by atoms with Gasteiger partial charge in [0.2, 0.25) is 0 Å². The molecule has 1 amide bonds. The first-order valence-electron chi connectivity index (χ1n) is 6.28. The number of rotatable bonds is 5. The molecule has 0 saturated carbocycles. The zero-order chi connectivity index (χ0) is 15.4. The third-order valence-corrected chi connectivity index (χ3v) is 3.93.